The number of carbonyl (C=O) groups excluding carboxylic acids is 4. The fourth-order valence-electron chi connectivity index (χ4n) is 3.49. The van der Waals surface area contributed by atoms with Crippen molar-refractivity contribution in [1.29, 1.82) is 0 Å². The number of esters is 2. The monoisotopic (exact) mass is 478 g/mol. The first-order valence-corrected chi connectivity index (χ1v) is 10.9. The number of hydrogen-bond donors (Lipinski definition) is 1. The van der Waals surface area contributed by atoms with E-state index in [2.05, 4.69) is 15.3 Å². The molecule has 1 aromatic carbocycles. The molecule has 10 nitrogen and oxygen atoms in total. The molecule has 0 saturated heterocycles. The molecule has 1 N–H and O–H groups in total. The quantitative estimate of drug-likeness (QED) is 0.545. The Hall–Kier alpha value is -4.34. The standard InChI is InChI=1S/C25H26N4O6/c1-16(30)27-21-15-17(29(13-10-23(32)34-2)14-11-24(33)35-3)6-7-20(21)28-19-8-9-22(31)25-18(19)5-4-12-26-25/h4-9,12,15H,10-11,13-14H2,1-3H3,(H,27,30). The molecule has 182 valence electrons. The van der Waals surface area contributed by atoms with Crippen molar-refractivity contribution in [3.63, 3.8) is 0 Å². The molecule has 3 rings (SSSR count). The number of anilines is 2. The van der Waals surface area contributed by atoms with Crippen LogP contribution in [-0.4, -0.2) is 61.6 Å². The van der Waals surface area contributed by atoms with Crippen molar-refractivity contribution in [2.75, 3.05) is 37.5 Å². The average molecular weight is 479 g/mol. The van der Waals surface area contributed by atoms with Crippen LogP contribution in [0.25, 0.3) is 0 Å². The Morgan fingerprint density at radius 3 is 2.34 bits per heavy atom. The lowest BCUT2D eigenvalue weighted by atomic mass is 9.99. The maximum absolute atomic E-state index is 12.1. The van der Waals surface area contributed by atoms with Gasteiger partial charge in [-0.05, 0) is 42.5 Å². The zero-order valence-electron chi connectivity index (χ0n) is 19.7. The minimum absolute atomic E-state index is 0.111. The number of nitrogens with zero attached hydrogens (tertiary/aromatic N) is 3. The summed E-state index contributed by atoms with van der Waals surface area (Å²) in [6.07, 6.45) is 4.78. The third kappa shape index (κ3) is 6.59. The molecule has 0 fully saturated rings. The minimum atomic E-state index is -0.385. The lowest BCUT2D eigenvalue weighted by Crippen LogP contribution is -2.29. The van der Waals surface area contributed by atoms with Crippen molar-refractivity contribution >= 4 is 46.4 Å². The predicted octanol–water partition coefficient (Wildman–Crippen LogP) is 2.85. The highest BCUT2D eigenvalue weighted by molar-refractivity contribution is 6.23. The fourth-order valence-corrected chi connectivity index (χ4v) is 3.49. The third-order valence-corrected chi connectivity index (χ3v) is 5.23. The van der Waals surface area contributed by atoms with E-state index in [1.54, 1.807) is 42.6 Å². The van der Waals surface area contributed by atoms with Gasteiger partial charge in [0.25, 0.3) is 0 Å². The Bertz CT molecular complexity index is 1180. The first-order chi connectivity index (χ1) is 16.8. The summed E-state index contributed by atoms with van der Waals surface area (Å²) < 4.78 is 9.46. The first-order valence-electron chi connectivity index (χ1n) is 10.9. The average Bonchev–Trinajstić information content (AvgIpc) is 2.86. The molecule has 0 spiro atoms. The van der Waals surface area contributed by atoms with Gasteiger partial charge < -0.3 is 19.7 Å². The van der Waals surface area contributed by atoms with Crippen LogP contribution in [0.15, 0.2) is 53.7 Å². The van der Waals surface area contributed by atoms with Gasteiger partial charge in [0, 0.05) is 37.5 Å². The van der Waals surface area contributed by atoms with Crippen LogP contribution < -0.4 is 10.2 Å². The molecule has 2 aromatic rings. The summed E-state index contributed by atoms with van der Waals surface area (Å²) in [4.78, 5) is 58.1. The van der Waals surface area contributed by atoms with Crippen molar-refractivity contribution in [3.05, 3.63) is 59.9 Å². The summed E-state index contributed by atoms with van der Waals surface area (Å²) in [5, 5.41) is 2.78. The lowest BCUT2D eigenvalue weighted by molar-refractivity contribution is -0.140. The van der Waals surface area contributed by atoms with Crippen LogP contribution in [0.5, 0.6) is 0 Å². The van der Waals surface area contributed by atoms with Gasteiger partial charge in [-0.3, -0.25) is 24.2 Å². The number of aliphatic imine (C=N–C) groups is 1. The van der Waals surface area contributed by atoms with E-state index >= 15 is 0 Å². The number of nitrogens with one attached hydrogen (secondary N) is 1. The van der Waals surface area contributed by atoms with Gasteiger partial charge in [-0.1, -0.05) is 0 Å². The number of aromatic nitrogens is 1. The molecule has 1 heterocycles. The number of allylic oxidation sites excluding steroid dienone is 2. The maximum Gasteiger partial charge on any atom is 0.307 e. The Balaban J connectivity index is 1.99. The molecular formula is C25H26N4O6. The van der Waals surface area contributed by atoms with Crippen molar-refractivity contribution in [2.45, 2.75) is 19.8 Å². The third-order valence-electron chi connectivity index (χ3n) is 5.23. The smallest absolute Gasteiger partial charge is 0.307 e. The second-order valence-corrected chi connectivity index (χ2v) is 7.62. The van der Waals surface area contributed by atoms with Gasteiger partial charge in [0.1, 0.15) is 5.69 Å². The van der Waals surface area contributed by atoms with Crippen molar-refractivity contribution in [3.8, 4) is 0 Å². The highest BCUT2D eigenvalue weighted by Crippen LogP contribution is 2.32. The Morgan fingerprint density at radius 2 is 1.71 bits per heavy atom. The molecular weight excluding hydrogens is 452 g/mol. The van der Waals surface area contributed by atoms with E-state index in [1.165, 1.54) is 27.2 Å². The molecule has 1 aliphatic carbocycles. The molecule has 1 amide bonds. The van der Waals surface area contributed by atoms with Gasteiger partial charge in [0.05, 0.1) is 44.1 Å². The zero-order chi connectivity index (χ0) is 25.4. The van der Waals surface area contributed by atoms with Gasteiger partial charge in [-0.25, -0.2) is 4.99 Å². The van der Waals surface area contributed by atoms with E-state index in [0.717, 1.165) is 0 Å². The topological polar surface area (TPSA) is 127 Å². The second-order valence-electron chi connectivity index (χ2n) is 7.62. The molecule has 1 aromatic heterocycles. The van der Waals surface area contributed by atoms with Crippen LogP contribution in [0.2, 0.25) is 0 Å². The van der Waals surface area contributed by atoms with E-state index in [9.17, 15) is 19.2 Å². The van der Waals surface area contributed by atoms with E-state index < -0.39 is 0 Å². The highest BCUT2D eigenvalue weighted by Gasteiger charge is 2.20. The van der Waals surface area contributed by atoms with Crippen molar-refractivity contribution in [2.24, 2.45) is 4.99 Å². The van der Waals surface area contributed by atoms with Gasteiger partial charge in [-0.2, -0.15) is 0 Å². The zero-order valence-corrected chi connectivity index (χ0v) is 19.7. The number of methoxy groups -OCH3 is 2. The fraction of sp³-hybridized carbons (Fsp3) is 0.280. The second kappa shape index (κ2) is 11.7. The number of hydrogen-bond acceptors (Lipinski definition) is 9. The number of carbonyl (C=O) groups is 4. The summed E-state index contributed by atoms with van der Waals surface area (Å²) in [7, 11) is 2.62. The van der Waals surface area contributed by atoms with Gasteiger partial charge in [0.2, 0.25) is 11.7 Å². The molecule has 10 heteroatoms. The molecule has 1 aliphatic rings. The molecule has 0 aliphatic heterocycles. The van der Waals surface area contributed by atoms with E-state index in [-0.39, 0.29) is 36.5 Å². The van der Waals surface area contributed by atoms with Gasteiger partial charge in [-0.15, -0.1) is 0 Å². The Labute approximate surface area is 202 Å². The summed E-state index contributed by atoms with van der Waals surface area (Å²) in [6, 6.07) is 8.70. The number of rotatable bonds is 9. The molecule has 0 bridgehead atoms. The number of pyridine rings is 1. The predicted molar refractivity (Wildman–Crippen MR) is 130 cm³/mol. The molecule has 35 heavy (non-hydrogen) atoms. The number of ether oxygens (including phenoxy) is 2. The van der Waals surface area contributed by atoms with Gasteiger partial charge in [0.15, 0.2) is 0 Å². The first kappa shape index (κ1) is 25.3. The molecule has 0 atom stereocenters. The minimum Gasteiger partial charge on any atom is -0.469 e. The number of benzene rings is 1. The summed E-state index contributed by atoms with van der Waals surface area (Å²) in [5.41, 5.74) is 2.99. The van der Waals surface area contributed by atoms with Crippen LogP contribution in [0, 0.1) is 0 Å². The van der Waals surface area contributed by atoms with E-state index in [0.29, 0.717) is 47.1 Å². The number of ketones is 1. The largest absolute Gasteiger partial charge is 0.469 e. The number of amides is 1. The molecule has 0 saturated carbocycles. The summed E-state index contributed by atoms with van der Waals surface area (Å²) in [5.74, 6) is -1.27. The summed E-state index contributed by atoms with van der Waals surface area (Å²) in [6.45, 7) is 1.97. The van der Waals surface area contributed by atoms with Crippen LogP contribution >= 0.6 is 0 Å². The van der Waals surface area contributed by atoms with Crippen LogP contribution in [0.4, 0.5) is 17.1 Å². The van der Waals surface area contributed by atoms with E-state index in [4.69, 9.17) is 9.47 Å². The van der Waals surface area contributed by atoms with Crippen LogP contribution in [0.3, 0.4) is 0 Å². The van der Waals surface area contributed by atoms with Gasteiger partial charge >= 0.3 is 11.9 Å². The lowest BCUT2D eigenvalue weighted by Gasteiger charge is -2.25. The highest BCUT2D eigenvalue weighted by atomic mass is 16.5. The van der Waals surface area contributed by atoms with Crippen LogP contribution in [-0.2, 0) is 23.9 Å². The maximum atomic E-state index is 12.1. The van der Waals surface area contributed by atoms with E-state index in [1.807, 2.05) is 4.90 Å². The summed E-state index contributed by atoms with van der Waals surface area (Å²) >= 11 is 0. The van der Waals surface area contributed by atoms with Crippen molar-refractivity contribution < 1.29 is 28.7 Å². The molecule has 0 radical (unpaired) electrons. The number of fused-ring (bicyclic) bond motifs is 1. The van der Waals surface area contributed by atoms with Crippen molar-refractivity contribution in [1.82, 2.24) is 4.98 Å². The Kier molecular flexibility index (Phi) is 8.44. The Morgan fingerprint density at radius 1 is 1.03 bits per heavy atom. The SMILES string of the molecule is COC(=O)CCN(CCC(=O)OC)c1ccc(N=C2C=CC(=O)c3ncccc32)c(NC(C)=O)c1. The molecule has 0 unspecified atom stereocenters. The normalized spacial score (nSPS) is 13.2. The van der Waals surface area contributed by atoms with Crippen LogP contribution in [0.1, 0.15) is 35.8 Å².